The molecule has 0 aromatic carbocycles. The maximum Gasteiger partial charge on any atom is 0.153 e. The van der Waals surface area contributed by atoms with E-state index in [2.05, 4.69) is 0 Å². The minimum absolute atomic E-state index is 0.00458. The van der Waals surface area contributed by atoms with Crippen LogP contribution < -0.4 is 4.74 Å². The number of rotatable bonds is 3. The van der Waals surface area contributed by atoms with Crippen molar-refractivity contribution in [1.29, 1.82) is 0 Å². The molecule has 0 amide bonds. The Hall–Kier alpha value is 0.0400. The Balaban J connectivity index is 3.13. The van der Waals surface area contributed by atoms with Gasteiger partial charge in [0.2, 0.25) is 0 Å². The largest absolute Gasteiger partial charge is 0.494 e. The fourth-order valence-electron chi connectivity index (χ4n) is 0.983. The summed E-state index contributed by atoms with van der Waals surface area (Å²) in [6.07, 6.45) is 0. The Kier molecular flexibility index (Phi) is 3.86. The standard InChI is InChI=1S/C8H10Cl2O2S/c1-4(3-11)7-6(12-2)5(9)8(10)13-7/h4,11H,3H2,1-2H3. The van der Waals surface area contributed by atoms with Crippen molar-refractivity contribution in [3.05, 3.63) is 14.2 Å². The zero-order chi connectivity index (χ0) is 10.0. The van der Waals surface area contributed by atoms with Gasteiger partial charge in [-0.3, -0.25) is 0 Å². The van der Waals surface area contributed by atoms with Crippen molar-refractivity contribution < 1.29 is 9.84 Å². The third-order valence-corrected chi connectivity index (χ3v) is 3.90. The van der Waals surface area contributed by atoms with Gasteiger partial charge in [-0.15, -0.1) is 11.3 Å². The molecule has 0 fully saturated rings. The maximum atomic E-state index is 8.97. The van der Waals surface area contributed by atoms with Gasteiger partial charge in [0.25, 0.3) is 0 Å². The second kappa shape index (κ2) is 4.51. The molecule has 0 aliphatic heterocycles. The average Bonchev–Trinajstić information content (AvgIpc) is 2.42. The lowest BCUT2D eigenvalue weighted by molar-refractivity contribution is 0.271. The summed E-state index contributed by atoms with van der Waals surface area (Å²) >= 11 is 13.1. The van der Waals surface area contributed by atoms with Crippen molar-refractivity contribution >= 4 is 34.5 Å². The summed E-state index contributed by atoms with van der Waals surface area (Å²) in [6.45, 7) is 1.95. The Morgan fingerprint density at radius 1 is 1.54 bits per heavy atom. The molecular formula is C8H10Cl2O2S. The van der Waals surface area contributed by atoms with Crippen LogP contribution in [0.5, 0.6) is 5.75 Å². The topological polar surface area (TPSA) is 29.5 Å². The Morgan fingerprint density at radius 2 is 2.15 bits per heavy atom. The molecule has 1 heterocycles. The van der Waals surface area contributed by atoms with Crippen LogP contribution in [-0.2, 0) is 0 Å². The lowest BCUT2D eigenvalue weighted by Gasteiger charge is -2.07. The first kappa shape index (κ1) is 11.1. The van der Waals surface area contributed by atoms with Crippen LogP contribution in [0, 0.1) is 0 Å². The third kappa shape index (κ3) is 2.10. The monoisotopic (exact) mass is 240 g/mol. The van der Waals surface area contributed by atoms with Crippen LogP contribution in [0.4, 0.5) is 0 Å². The van der Waals surface area contributed by atoms with Crippen LogP contribution in [0.1, 0.15) is 17.7 Å². The first-order valence-corrected chi connectivity index (χ1v) is 5.31. The van der Waals surface area contributed by atoms with E-state index in [0.717, 1.165) is 4.88 Å². The van der Waals surface area contributed by atoms with E-state index in [0.29, 0.717) is 15.1 Å². The van der Waals surface area contributed by atoms with Crippen molar-refractivity contribution in [3.63, 3.8) is 0 Å². The fourth-order valence-corrected chi connectivity index (χ4v) is 2.60. The molecule has 0 spiro atoms. The van der Waals surface area contributed by atoms with Crippen molar-refractivity contribution in [2.45, 2.75) is 12.8 Å². The molecule has 2 nitrogen and oxygen atoms in total. The number of methoxy groups -OCH3 is 1. The highest BCUT2D eigenvalue weighted by Crippen LogP contribution is 2.45. The predicted molar refractivity (Wildman–Crippen MR) is 56.4 cm³/mol. The van der Waals surface area contributed by atoms with Gasteiger partial charge in [-0.2, -0.15) is 0 Å². The van der Waals surface area contributed by atoms with E-state index < -0.39 is 0 Å². The SMILES string of the molecule is COc1c(C(C)CO)sc(Cl)c1Cl. The molecule has 1 rings (SSSR count). The number of thiophene rings is 1. The van der Waals surface area contributed by atoms with Gasteiger partial charge in [0.05, 0.1) is 18.6 Å². The molecule has 0 saturated carbocycles. The van der Waals surface area contributed by atoms with E-state index in [1.807, 2.05) is 6.92 Å². The Labute approximate surface area is 91.0 Å². The highest BCUT2D eigenvalue weighted by Gasteiger charge is 2.20. The molecule has 5 heteroatoms. The van der Waals surface area contributed by atoms with Gasteiger partial charge in [0.1, 0.15) is 9.36 Å². The molecule has 0 bridgehead atoms. The van der Waals surface area contributed by atoms with Crippen LogP contribution in [0.3, 0.4) is 0 Å². The fraction of sp³-hybridized carbons (Fsp3) is 0.500. The van der Waals surface area contributed by atoms with E-state index in [1.54, 1.807) is 0 Å². The van der Waals surface area contributed by atoms with E-state index in [-0.39, 0.29) is 12.5 Å². The van der Waals surface area contributed by atoms with Crippen LogP contribution in [0.25, 0.3) is 0 Å². The quantitative estimate of drug-likeness (QED) is 0.880. The molecule has 0 saturated heterocycles. The molecule has 1 aromatic heterocycles. The van der Waals surface area contributed by atoms with Gasteiger partial charge >= 0.3 is 0 Å². The Bertz CT molecular complexity index is 299. The van der Waals surface area contributed by atoms with Gasteiger partial charge in [0, 0.05) is 5.92 Å². The normalized spacial score (nSPS) is 13.0. The second-order valence-corrected chi connectivity index (χ2v) is 4.70. The van der Waals surface area contributed by atoms with E-state index in [1.165, 1.54) is 18.4 Å². The molecule has 0 radical (unpaired) electrons. The smallest absolute Gasteiger partial charge is 0.153 e. The number of aliphatic hydroxyl groups excluding tert-OH is 1. The second-order valence-electron chi connectivity index (χ2n) is 2.67. The summed E-state index contributed by atoms with van der Waals surface area (Å²) in [7, 11) is 1.54. The predicted octanol–water partition coefficient (Wildman–Crippen LogP) is 3.16. The first-order chi connectivity index (χ1) is 6.11. The number of ether oxygens (including phenoxy) is 1. The van der Waals surface area contributed by atoms with E-state index >= 15 is 0 Å². The lowest BCUT2D eigenvalue weighted by atomic mass is 10.1. The van der Waals surface area contributed by atoms with Crippen LogP contribution in [0.2, 0.25) is 9.36 Å². The summed E-state index contributed by atoms with van der Waals surface area (Å²) in [5.74, 6) is 0.586. The summed E-state index contributed by atoms with van der Waals surface area (Å²) in [4.78, 5) is 0.889. The molecule has 1 atom stereocenters. The molecule has 0 aliphatic carbocycles. The summed E-state index contributed by atoms with van der Waals surface area (Å²) < 4.78 is 5.61. The highest BCUT2D eigenvalue weighted by atomic mass is 35.5. The molecule has 13 heavy (non-hydrogen) atoms. The third-order valence-electron chi connectivity index (χ3n) is 1.72. The van der Waals surface area contributed by atoms with Crippen molar-refractivity contribution in [2.24, 2.45) is 0 Å². The average molecular weight is 241 g/mol. The van der Waals surface area contributed by atoms with Gasteiger partial charge in [0.15, 0.2) is 5.75 Å². The Morgan fingerprint density at radius 3 is 2.62 bits per heavy atom. The van der Waals surface area contributed by atoms with Crippen molar-refractivity contribution in [2.75, 3.05) is 13.7 Å². The number of aliphatic hydroxyl groups is 1. The number of halogens is 2. The number of hydrogen-bond acceptors (Lipinski definition) is 3. The minimum atomic E-state index is 0.00458. The van der Waals surface area contributed by atoms with E-state index in [4.69, 9.17) is 33.0 Å². The lowest BCUT2D eigenvalue weighted by Crippen LogP contribution is -1.98. The zero-order valence-electron chi connectivity index (χ0n) is 7.30. The molecule has 1 N–H and O–H groups in total. The molecule has 0 aliphatic rings. The zero-order valence-corrected chi connectivity index (χ0v) is 9.63. The summed E-state index contributed by atoms with van der Waals surface area (Å²) in [5, 5.41) is 9.41. The first-order valence-electron chi connectivity index (χ1n) is 3.74. The molecular weight excluding hydrogens is 231 g/mol. The molecule has 1 unspecified atom stereocenters. The van der Waals surface area contributed by atoms with E-state index in [9.17, 15) is 0 Å². The summed E-state index contributed by atoms with van der Waals surface area (Å²) in [5.41, 5.74) is 0. The maximum absolute atomic E-state index is 8.97. The van der Waals surface area contributed by atoms with Crippen LogP contribution in [-0.4, -0.2) is 18.8 Å². The van der Waals surface area contributed by atoms with Crippen LogP contribution >= 0.6 is 34.5 Å². The van der Waals surface area contributed by atoms with Crippen molar-refractivity contribution in [3.8, 4) is 5.75 Å². The molecule has 74 valence electrons. The molecule has 1 aromatic rings. The van der Waals surface area contributed by atoms with Gasteiger partial charge in [-0.1, -0.05) is 30.1 Å². The highest BCUT2D eigenvalue weighted by molar-refractivity contribution is 7.17. The van der Waals surface area contributed by atoms with Gasteiger partial charge in [-0.25, -0.2) is 0 Å². The number of hydrogen-bond donors (Lipinski definition) is 1. The van der Waals surface area contributed by atoms with Crippen LogP contribution in [0.15, 0.2) is 0 Å². The van der Waals surface area contributed by atoms with Crippen molar-refractivity contribution in [1.82, 2.24) is 0 Å². The minimum Gasteiger partial charge on any atom is -0.494 e. The van der Waals surface area contributed by atoms with Gasteiger partial charge in [-0.05, 0) is 0 Å². The van der Waals surface area contributed by atoms with Gasteiger partial charge < -0.3 is 9.84 Å². The summed E-state index contributed by atoms with van der Waals surface area (Å²) in [6, 6.07) is 0.